The summed E-state index contributed by atoms with van der Waals surface area (Å²) in [5, 5.41) is 2.68. The molecule has 0 aromatic heterocycles. The summed E-state index contributed by atoms with van der Waals surface area (Å²) in [6.45, 7) is 8.09. The van der Waals surface area contributed by atoms with Gasteiger partial charge < -0.3 is 4.74 Å². The van der Waals surface area contributed by atoms with Crippen LogP contribution < -0.4 is 15.0 Å². The number of benzene rings is 2. The van der Waals surface area contributed by atoms with Crippen molar-refractivity contribution in [3.05, 3.63) is 63.6 Å². The first kappa shape index (κ1) is 22.2. The molecule has 2 aromatic rings. The number of ether oxygens (including phenoxy) is 1. The Bertz CT molecular complexity index is 1030. The molecule has 1 aliphatic rings. The first-order valence-corrected chi connectivity index (χ1v) is 10.8. The lowest BCUT2D eigenvalue weighted by molar-refractivity contribution is -0.122. The molecule has 0 spiro atoms. The van der Waals surface area contributed by atoms with Crippen LogP contribution in [0.5, 0.6) is 5.75 Å². The number of nitrogens with one attached hydrogen (secondary N) is 1. The molecule has 0 bridgehead atoms. The lowest BCUT2D eigenvalue weighted by Gasteiger charge is -2.29. The second kappa shape index (κ2) is 9.10. The summed E-state index contributed by atoms with van der Waals surface area (Å²) in [5.74, 6) is 0.0947. The third-order valence-corrected chi connectivity index (χ3v) is 5.45. The SMILES string of the molecule is CC(C)Oc1ccc(/C=C2\C(=O)NC(=S)N(c3ccc(C(C)C)cc3)C2=O)cc1Br. The van der Waals surface area contributed by atoms with E-state index in [0.717, 1.165) is 10.0 Å². The van der Waals surface area contributed by atoms with Gasteiger partial charge in [-0.05, 0) is 89.4 Å². The third-order valence-electron chi connectivity index (χ3n) is 4.55. The van der Waals surface area contributed by atoms with E-state index >= 15 is 0 Å². The molecule has 156 valence electrons. The number of hydrogen-bond acceptors (Lipinski definition) is 4. The molecule has 0 unspecified atom stereocenters. The van der Waals surface area contributed by atoms with Crippen molar-refractivity contribution in [3.8, 4) is 5.75 Å². The van der Waals surface area contributed by atoms with Gasteiger partial charge >= 0.3 is 0 Å². The molecule has 1 N–H and O–H groups in total. The standard InChI is InChI=1S/C23H23BrN2O3S/c1-13(2)16-6-8-17(9-7-16)26-22(28)18(21(27)25-23(26)30)11-15-5-10-20(19(24)12-15)29-14(3)4/h5-14H,1-4H3,(H,25,27,30)/b18-11+. The molecule has 1 heterocycles. The zero-order valence-corrected chi connectivity index (χ0v) is 19.6. The highest BCUT2D eigenvalue weighted by molar-refractivity contribution is 9.10. The molecule has 0 atom stereocenters. The smallest absolute Gasteiger partial charge is 0.270 e. The molecule has 1 fully saturated rings. The van der Waals surface area contributed by atoms with Crippen LogP contribution in [0.2, 0.25) is 0 Å². The largest absolute Gasteiger partial charge is 0.490 e. The summed E-state index contributed by atoms with van der Waals surface area (Å²) in [6.07, 6.45) is 1.59. The van der Waals surface area contributed by atoms with Crippen LogP contribution in [-0.2, 0) is 9.59 Å². The fourth-order valence-electron chi connectivity index (χ4n) is 3.02. The summed E-state index contributed by atoms with van der Waals surface area (Å²) in [5.41, 5.74) is 2.48. The van der Waals surface area contributed by atoms with Crippen molar-refractivity contribution in [1.82, 2.24) is 5.32 Å². The first-order valence-electron chi connectivity index (χ1n) is 9.65. The van der Waals surface area contributed by atoms with Gasteiger partial charge in [0.2, 0.25) is 0 Å². The Morgan fingerprint density at radius 3 is 2.30 bits per heavy atom. The molecule has 1 aliphatic heterocycles. The van der Waals surface area contributed by atoms with Crippen molar-refractivity contribution < 1.29 is 14.3 Å². The molecule has 7 heteroatoms. The number of carbonyl (C=O) groups is 2. The Morgan fingerprint density at radius 1 is 1.07 bits per heavy atom. The predicted octanol–water partition coefficient (Wildman–Crippen LogP) is 5.19. The van der Waals surface area contributed by atoms with E-state index in [0.29, 0.717) is 22.9 Å². The summed E-state index contributed by atoms with van der Waals surface area (Å²) in [7, 11) is 0. The number of amides is 2. The van der Waals surface area contributed by atoms with Crippen LogP contribution in [0, 0.1) is 0 Å². The molecular formula is C23H23BrN2O3S. The molecular weight excluding hydrogens is 464 g/mol. The fraction of sp³-hybridized carbons (Fsp3) is 0.261. The second-order valence-corrected chi connectivity index (χ2v) is 8.80. The summed E-state index contributed by atoms with van der Waals surface area (Å²) in [4.78, 5) is 27.0. The number of thiocarbonyl (C=S) groups is 1. The lowest BCUT2D eigenvalue weighted by Crippen LogP contribution is -2.54. The normalized spacial score (nSPS) is 15.9. The van der Waals surface area contributed by atoms with Crippen molar-refractivity contribution in [2.45, 2.75) is 39.7 Å². The van der Waals surface area contributed by atoms with E-state index in [1.165, 1.54) is 4.90 Å². The molecule has 2 aromatic carbocycles. The first-order chi connectivity index (χ1) is 14.2. The molecule has 30 heavy (non-hydrogen) atoms. The van der Waals surface area contributed by atoms with Crippen molar-refractivity contribution in [3.63, 3.8) is 0 Å². The average Bonchev–Trinajstić information content (AvgIpc) is 2.67. The Hall–Kier alpha value is -2.51. The highest BCUT2D eigenvalue weighted by Crippen LogP contribution is 2.29. The molecule has 2 amide bonds. The molecule has 1 saturated heterocycles. The van der Waals surface area contributed by atoms with Crippen LogP contribution in [0.1, 0.15) is 44.7 Å². The molecule has 3 rings (SSSR count). The maximum absolute atomic E-state index is 13.1. The van der Waals surface area contributed by atoms with Gasteiger partial charge in [0.15, 0.2) is 5.11 Å². The van der Waals surface area contributed by atoms with E-state index in [1.807, 2.05) is 38.1 Å². The number of hydrogen-bond donors (Lipinski definition) is 1. The third kappa shape index (κ3) is 4.79. The minimum absolute atomic E-state index is 0.0148. The molecule has 0 radical (unpaired) electrons. The summed E-state index contributed by atoms with van der Waals surface area (Å²) < 4.78 is 6.45. The maximum atomic E-state index is 13.1. The Morgan fingerprint density at radius 2 is 1.73 bits per heavy atom. The van der Waals surface area contributed by atoms with Crippen molar-refractivity contribution in [2.75, 3.05) is 4.90 Å². The summed E-state index contributed by atoms with van der Waals surface area (Å²) in [6, 6.07) is 13.0. The van der Waals surface area contributed by atoms with Crippen LogP contribution >= 0.6 is 28.1 Å². The Labute approximate surface area is 190 Å². The van der Waals surface area contributed by atoms with E-state index < -0.39 is 11.8 Å². The average molecular weight is 487 g/mol. The zero-order valence-electron chi connectivity index (χ0n) is 17.2. The molecule has 0 aliphatic carbocycles. The van der Waals surface area contributed by atoms with Gasteiger partial charge in [0, 0.05) is 0 Å². The molecule has 0 saturated carbocycles. The monoisotopic (exact) mass is 486 g/mol. The van der Waals surface area contributed by atoms with Gasteiger partial charge in [0.05, 0.1) is 16.3 Å². The Balaban J connectivity index is 1.93. The number of halogens is 1. The van der Waals surface area contributed by atoms with E-state index in [9.17, 15) is 9.59 Å². The second-order valence-electron chi connectivity index (χ2n) is 7.56. The van der Waals surface area contributed by atoms with E-state index in [4.69, 9.17) is 17.0 Å². The molecule has 5 nitrogen and oxygen atoms in total. The van der Waals surface area contributed by atoms with Gasteiger partial charge in [-0.15, -0.1) is 0 Å². The van der Waals surface area contributed by atoms with Crippen molar-refractivity contribution in [2.24, 2.45) is 0 Å². The Kier molecular flexibility index (Phi) is 6.73. The van der Waals surface area contributed by atoms with Crippen LogP contribution in [0.15, 0.2) is 52.5 Å². The van der Waals surface area contributed by atoms with Crippen molar-refractivity contribution >= 4 is 56.8 Å². The van der Waals surface area contributed by atoms with Gasteiger partial charge in [0.1, 0.15) is 11.3 Å². The topological polar surface area (TPSA) is 58.6 Å². The van der Waals surface area contributed by atoms with Gasteiger partial charge in [-0.3, -0.25) is 19.8 Å². The lowest BCUT2D eigenvalue weighted by atomic mass is 10.0. The quantitative estimate of drug-likeness (QED) is 0.358. The minimum atomic E-state index is -0.515. The van der Waals surface area contributed by atoms with Crippen LogP contribution in [-0.4, -0.2) is 23.0 Å². The van der Waals surface area contributed by atoms with Gasteiger partial charge in [0.25, 0.3) is 11.8 Å². The summed E-state index contributed by atoms with van der Waals surface area (Å²) >= 11 is 8.74. The zero-order chi connectivity index (χ0) is 22.0. The number of nitrogens with zero attached hydrogens (tertiary/aromatic N) is 1. The van der Waals surface area contributed by atoms with Gasteiger partial charge in [-0.1, -0.05) is 32.0 Å². The number of rotatable bonds is 5. The minimum Gasteiger partial charge on any atom is -0.490 e. The highest BCUT2D eigenvalue weighted by atomic mass is 79.9. The van der Waals surface area contributed by atoms with Crippen LogP contribution in [0.25, 0.3) is 6.08 Å². The maximum Gasteiger partial charge on any atom is 0.270 e. The number of carbonyl (C=O) groups excluding carboxylic acids is 2. The van der Waals surface area contributed by atoms with Crippen molar-refractivity contribution in [1.29, 1.82) is 0 Å². The van der Waals surface area contributed by atoms with E-state index in [1.54, 1.807) is 24.3 Å². The van der Waals surface area contributed by atoms with E-state index in [-0.39, 0.29) is 16.8 Å². The van der Waals surface area contributed by atoms with E-state index in [2.05, 4.69) is 35.1 Å². The van der Waals surface area contributed by atoms with Gasteiger partial charge in [-0.2, -0.15) is 0 Å². The van der Waals surface area contributed by atoms with Crippen LogP contribution in [0.3, 0.4) is 0 Å². The van der Waals surface area contributed by atoms with Gasteiger partial charge in [-0.25, -0.2) is 0 Å². The predicted molar refractivity (Wildman–Crippen MR) is 127 cm³/mol. The van der Waals surface area contributed by atoms with Crippen LogP contribution in [0.4, 0.5) is 5.69 Å². The highest BCUT2D eigenvalue weighted by Gasteiger charge is 2.34. The fourth-order valence-corrected chi connectivity index (χ4v) is 3.79. The number of anilines is 1.